The third-order valence-corrected chi connectivity index (χ3v) is 7.81. The summed E-state index contributed by atoms with van der Waals surface area (Å²) in [7, 11) is 0. The fourth-order valence-corrected chi connectivity index (χ4v) is 5.72. The van der Waals surface area contributed by atoms with Crippen LogP contribution < -0.4 is 10.6 Å². The van der Waals surface area contributed by atoms with E-state index in [9.17, 15) is 13.2 Å². The standard InChI is InChI=1S/C26H23F5N2S/c1-25(2,3)20-8-6-18(7-9-20)23-12-13-32-24(23)15-22-14-19(16-33(22)34(32,30)31)17-4-10-21(11-5-17)26(27,28)29/h4-6,8-16H,7H2,1-3H3. The molecule has 0 bridgehead atoms. The van der Waals surface area contributed by atoms with Crippen molar-refractivity contribution in [3.8, 4) is 11.1 Å². The molecule has 0 amide bonds. The summed E-state index contributed by atoms with van der Waals surface area (Å²) in [6.45, 7) is 6.40. The molecular formula is C26H23F5N2S. The SMILES string of the molecule is CC(C)(C)C1=CCC(=c2ccn3c2=Cc2cc(-c4ccc(C(F)(F)F)cc4)cn2S3(F)F)C=C1. The van der Waals surface area contributed by atoms with Gasteiger partial charge in [-0.15, -0.1) is 7.77 Å². The van der Waals surface area contributed by atoms with Gasteiger partial charge in [-0.3, -0.25) is 0 Å². The topological polar surface area (TPSA) is 9.86 Å². The fourth-order valence-electron chi connectivity index (χ4n) is 4.33. The molecule has 178 valence electrons. The molecule has 0 saturated carbocycles. The van der Waals surface area contributed by atoms with Gasteiger partial charge in [0.25, 0.3) is 0 Å². The van der Waals surface area contributed by atoms with E-state index in [0.717, 1.165) is 30.9 Å². The van der Waals surface area contributed by atoms with Gasteiger partial charge in [-0.05, 0) is 58.9 Å². The zero-order valence-corrected chi connectivity index (χ0v) is 19.6. The molecule has 8 heteroatoms. The number of fused-ring (bicyclic) bond motifs is 2. The quantitative estimate of drug-likeness (QED) is 0.325. The maximum Gasteiger partial charge on any atom is 0.416 e. The molecule has 0 N–H and O–H groups in total. The van der Waals surface area contributed by atoms with E-state index in [0.29, 0.717) is 28.6 Å². The van der Waals surface area contributed by atoms with Crippen LogP contribution in [0.25, 0.3) is 22.8 Å². The third kappa shape index (κ3) is 3.74. The molecule has 0 spiro atoms. The van der Waals surface area contributed by atoms with E-state index in [1.165, 1.54) is 30.1 Å². The van der Waals surface area contributed by atoms with Crippen LogP contribution in [0.1, 0.15) is 38.4 Å². The summed E-state index contributed by atoms with van der Waals surface area (Å²) < 4.78 is 71.7. The first kappa shape index (κ1) is 22.8. The van der Waals surface area contributed by atoms with E-state index in [-0.39, 0.29) is 5.41 Å². The van der Waals surface area contributed by atoms with Crippen molar-refractivity contribution in [2.24, 2.45) is 5.41 Å². The molecule has 0 unspecified atom stereocenters. The van der Waals surface area contributed by atoms with Gasteiger partial charge < -0.3 is 0 Å². The highest BCUT2D eigenvalue weighted by atomic mass is 32.3. The Hall–Kier alpha value is -3.00. The van der Waals surface area contributed by atoms with Crippen molar-refractivity contribution < 1.29 is 20.9 Å². The van der Waals surface area contributed by atoms with Gasteiger partial charge in [0.15, 0.2) is 0 Å². The van der Waals surface area contributed by atoms with E-state index >= 15 is 7.77 Å². The molecule has 0 radical (unpaired) electrons. The molecule has 34 heavy (non-hydrogen) atoms. The smallest absolute Gasteiger partial charge is 0.245 e. The molecule has 2 aromatic heterocycles. The second-order valence-corrected chi connectivity index (χ2v) is 11.1. The number of benzene rings is 1. The van der Waals surface area contributed by atoms with Gasteiger partial charge in [-0.1, -0.05) is 51.1 Å². The number of nitrogens with zero attached hydrogens (tertiary/aromatic N) is 2. The van der Waals surface area contributed by atoms with Crippen molar-refractivity contribution in [3.05, 3.63) is 94.4 Å². The summed E-state index contributed by atoms with van der Waals surface area (Å²) in [5, 5.41) is 1.20. The first-order valence-electron chi connectivity index (χ1n) is 10.8. The van der Waals surface area contributed by atoms with Gasteiger partial charge in [0.1, 0.15) is 0 Å². The minimum absolute atomic E-state index is 0.0149. The maximum absolute atomic E-state index is 15.5. The van der Waals surface area contributed by atoms with E-state index in [4.69, 9.17) is 0 Å². The Bertz CT molecular complexity index is 1460. The van der Waals surface area contributed by atoms with Crippen LogP contribution in [-0.4, -0.2) is 7.94 Å². The van der Waals surface area contributed by atoms with E-state index in [2.05, 4.69) is 26.8 Å². The summed E-state index contributed by atoms with van der Waals surface area (Å²) >= 11 is -4.40. The average molecular weight is 491 g/mol. The predicted octanol–water partition coefficient (Wildman–Crippen LogP) is 7.00. The molecule has 3 aromatic rings. The van der Waals surface area contributed by atoms with Gasteiger partial charge in [-0.25, -0.2) is 7.94 Å². The second kappa shape index (κ2) is 7.50. The Kier molecular flexibility index (Phi) is 5.02. The molecule has 0 atom stereocenters. The van der Waals surface area contributed by atoms with Crippen molar-refractivity contribution in [1.82, 2.24) is 7.94 Å². The lowest BCUT2D eigenvalue weighted by atomic mass is 9.82. The molecule has 0 fully saturated rings. The van der Waals surface area contributed by atoms with Crippen molar-refractivity contribution in [2.45, 2.75) is 33.4 Å². The second-order valence-electron chi connectivity index (χ2n) is 9.53. The van der Waals surface area contributed by atoms with Crippen LogP contribution in [0, 0.1) is 5.41 Å². The number of hydrogen-bond donors (Lipinski definition) is 0. The number of allylic oxidation sites excluding steroid dienone is 4. The number of rotatable bonds is 1. The van der Waals surface area contributed by atoms with Crippen LogP contribution in [0.3, 0.4) is 0 Å². The minimum atomic E-state index is -4.45. The lowest BCUT2D eigenvalue weighted by Gasteiger charge is -2.28. The van der Waals surface area contributed by atoms with Crippen LogP contribution in [0.15, 0.2) is 72.6 Å². The van der Waals surface area contributed by atoms with Crippen molar-refractivity contribution in [3.63, 3.8) is 0 Å². The number of aromatic nitrogens is 2. The van der Waals surface area contributed by atoms with E-state index in [1.807, 2.05) is 12.2 Å². The third-order valence-electron chi connectivity index (χ3n) is 6.23. The van der Waals surface area contributed by atoms with Gasteiger partial charge >= 0.3 is 6.18 Å². The first-order valence-corrected chi connectivity index (χ1v) is 12.1. The molecule has 5 rings (SSSR count). The number of hydrogen-bond acceptors (Lipinski definition) is 0. The predicted molar refractivity (Wildman–Crippen MR) is 127 cm³/mol. The molecule has 1 aliphatic carbocycles. The largest absolute Gasteiger partial charge is 0.416 e. The molecular weight excluding hydrogens is 467 g/mol. The monoisotopic (exact) mass is 490 g/mol. The Morgan fingerprint density at radius 3 is 2.18 bits per heavy atom. The van der Waals surface area contributed by atoms with Crippen LogP contribution in [0.2, 0.25) is 0 Å². The lowest BCUT2D eigenvalue weighted by molar-refractivity contribution is -0.137. The van der Waals surface area contributed by atoms with Crippen molar-refractivity contribution in [2.75, 3.05) is 0 Å². The summed E-state index contributed by atoms with van der Waals surface area (Å²) in [4.78, 5) is 0. The molecule has 0 saturated heterocycles. The van der Waals surface area contributed by atoms with Gasteiger partial charge in [0.2, 0.25) is 11.2 Å². The average Bonchev–Trinajstić information content (AvgIpc) is 3.39. The summed E-state index contributed by atoms with van der Waals surface area (Å²) in [6, 6.07) is 7.88. The molecule has 1 aromatic carbocycles. The zero-order chi connectivity index (χ0) is 24.5. The maximum atomic E-state index is 15.5. The van der Waals surface area contributed by atoms with Crippen LogP contribution in [0.5, 0.6) is 0 Å². The molecule has 3 heterocycles. The van der Waals surface area contributed by atoms with Crippen molar-refractivity contribution in [1.29, 1.82) is 0 Å². The summed E-state index contributed by atoms with van der Waals surface area (Å²) in [5.74, 6) is 0. The van der Waals surface area contributed by atoms with Gasteiger partial charge in [-0.2, -0.15) is 13.2 Å². The molecule has 2 nitrogen and oxygen atoms in total. The lowest BCUT2D eigenvalue weighted by Crippen LogP contribution is -2.35. The molecule has 1 aliphatic heterocycles. The Morgan fingerprint density at radius 2 is 1.59 bits per heavy atom. The highest BCUT2D eigenvalue weighted by Gasteiger charge is 2.34. The molecule has 2 aliphatic rings. The highest BCUT2D eigenvalue weighted by molar-refractivity contribution is 8.22. The van der Waals surface area contributed by atoms with Gasteiger partial charge in [0.05, 0.1) is 16.6 Å². The van der Waals surface area contributed by atoms with Crippen LogP contribution >= 0.6 is 11.2 Å². The Morgan fingerprint density at radius 1 is 0.882 bits per heavy atom. The Balaban J connectivity index is 1.59. The highest BCUT2D eigenvalue weighted by Crippen LogP contribution is 2.55. The number of alkyl halides is 3. The van der Waals surface area contributed by atoms with Gasteiger partial charge in [0, 0.05) is 23.2 Å². The normalized spacial score (nSPS) is 19.7. The minimum Gasteiger partial charge on any atom is -0.245 e. The number of halogens is 5. The van der Waals surface area contributed by atoms with Crippen molar-refractivity contribution >= 4 is 22.8 Å². The van der Waals surface area contributed by atoms with Crippen LogP contribution in [-0.2, 0) is 6.18 Å². The first-order chi connectivity index (χ1) is 15.9. The fraction of sp³-hybridized carbons (Fsp3) is 0.231. The zero-order valence-electron chi connectivity index (χ0n) is 18.8. The van der Waals surface area contributed by atoms with E-state index < -0.39 is 22.9 Å². The summed E-state index contributed by atoms with van der Waals surface area (Å²) in [6.07, 6.45) is 6.85. The summed E-state index contributed by atoms with van der Waals surface area (Å²) in [5.41, 5.74) is 2.64. The van der Waals surface area contributed by atoms with E-state index in [1.54, 1.807) is 18.2 Å². The van der Waals surface area contributed by atoms with Crippen LogP contribution in [0.4, 0.5) is 20.9 Å². The Labute approximate surface area is 196 Å².